The van der Waals surface area contributed by atoms with E-state index in [2.05, 4.69) is 21.2 Å². The van der Waals surface area contributed by atoms with Crippen LogP contribution in [-0.4, -0.2) is 37.9 Å². The maximum absolute atomic E-state index is 12.7. The van der Waals surface area contributed by atoms with Crippen LogP contribution >= 0.6 is 39.9 Å². The van der Waals surface area contributed by atoms with Gasteiger partial charge in [-0.25, -0.2) is 8.42 Å². The smallest absolute Gasteiger partial charge is 0.244 e. The lowest BCUT2D eigenvalue weighted by atomic mass is 10.1. The second-order valence-electron chi connectivity index (χ2n) is 4.67. The molecule has 1 aromatic rings. The Kier molecular flexibility index (Phi) is 6.32. The van der Waals surface area contributed by atoms with Crippen LogP contribution in [0.2, 0.25) is 5.02 Å². The van der Waals surface area contributed by atoms with Gasteiger partial charge in [0.1, 0.15) is 4.90 Å². The molecule has 114 valence electrons. The van der Waals surface area contributed by atoms with Crippen molar-refractivity contribution in [3.63, 3.8) is 0 Å². The summed E-state index contributed by atoms with van der Waals surface area (Å²) in [6.45, 7) is 5.00. The molecule has 0 spiro atoms. The number of nitrogens with zero attached hydrogens (tertiary/aromatic N) is 1. The molecule has 1 aliphatic rings. The van der Waals surface area contributed by atoms with E-state index in [9.17, 15) is 8.42 Å². The van der Waals surface area contributed by atoms with Gasteiger partial charge in [0, 0.05) is 29.6 Å². The van der Waals surface area contributed by atoms with Gasteiger partial charge in [-0.15, -0.1) is 12.4 Å². The number of rotatable bonds is 2. The summed E-state index contributed by atoms with van der Waals surface area (Å²) in [4.78, 5) is 0.165. The van der Waals surface area contributed by atoms with Gasteiger partial charge in [-0.3, -0.25) is 0 Å². The monoisotopic (exact) mass is 402 g/mol. The van der Waals surface area contributed by atoms with Crippen molar-refractivity contribution in [3.05, 3.63) is 27.7 Å². The standard InChI is InChI=1S/C12H16BrClN2O2S.ClH/c1-8-9(2)16(6-5-15-8)19(17,18)12-4-3-10(13)7-11(12)14;/h3-4,7-9,15H,5-6H2,1-2H3;1H. The zero-order valence-electron chi connectivity index (χ0n) is 11.1. The first-order valence-electron chi connectivity index (χ1n) is 6.04. The first kappa shape index (κ1) is 18.2. The van der Waals surface area contributed by atoms with E-state index in [-0.39, 0.29) is 34.4 Å². The maximum Gasteiger partial charge on any atom is 0.244 e. The Labute approximate surface area is 139 Å². The fourth-order valence-electron chi connectivity index (χ4n) is 2.18. The van der Waals surface area contributed by atoms with E-state index in [4.69, 9.17) is 11.6 Å². The van der Waals surface area contributed by atoms with Crippen LogP contribution in [0.1, 0.15) is 13.8 Å². The average molecular weight is 404 g/mol. The van der Waals surface area contributed by atoms with Crippen LogP contribution in [0.5, 0.6) is 0 Å². The Morgan fingerprint density at radius 1 is 1.40 bits per heavy atom. The van der Waals surface area contributed by atoms with Crippen LogP contribution in [0.4, 0.5) is 0 Å². The zero-order valence-corrected chi connectivity index (χ0v) is 15.1. The van der Waals surface area contributed by atoms with Crippen molar-refractivity contribution in [3.8, 4) is 0 Å². The normalized spacial score (nSPS) is 24.2. The summed E-state index contributed by atoms with van der Waals surface area (Å²) in [5.41, 5.74) is 0. The third kappa shape index (κ3) is 3.48. The third-order valence-corrected chi connectivity index (χ3v) is 6.42. The largest absolute Gasteiger partial charge is 0.311 e. The van der Waals surface area contributed by atoms with Gasteiger partial charge in [0.15, 0.2) is 0 Å². The molecule has 1 N–H and O–H groups in total. The second-order valence-corrected chi connectivity index (χ2v) is 7.86. The fourth-order valence-corrected chi connectivity index (χ4v) is 4.89. The van der Waals surface area contributed by atoms with Crippen molar-refractivity contribution in [1.82, 2.24) is 9.62 Å². The van der Waals surface area contributed by atoms with Gasteiger partial charge >= 0.3 is 0 Å². The molecule has 2 unspecified atom stereocenters. The molecule has 8 heteroatoms. The molecule has 20 heavy (non-hydrogen) atoms. The van der Waals surface area contributed by atoms with Crippen LogP contribution in [0.15, 0.2) is 27.6 Å². The lowest BCUT2D eigenvalue weighted by Gasteiger charge is -2.37. The predicted octanol–water partition coefficient (Wildman–Crippen LogP) is 2.90. The lowest BCUT2D eigenvalue weighted by molar-refractivity contribution is 0.233. The Morgan fingerprint density at radius 3 is 2.65 bits per heavy atom. The van der Waals surface area contributed by atoms with E-state index in [1.54, 1.807) is 18.2 Å². The highest BCUT2D eigenvalue weighted by atomic mass is 79.9. The van der Waals surface area contributed by atoms with Gasteiger partial charge in [0.25, 0.3) is 0 Å². The van der Waals surface area contributed by atoms with E-state index in [0.717, 1.165) is 4.47 Å². The summed E-state index contributed by atoms with van der Waals surface area (Å²) in [6.07, 6.45) is 0. The van der Waals surface area contributed by atoms with Gasteiger partial charge in [0.05, 0.1) is 5.02 Å². The van der Waals surface area contributed by atoms with Gasteiger partial charge in [-0.1, -0.05) is 27.5 Å². The molecule has 1 saturated heterocycles. The summed E-state index contributed by atoms with van der Waals surface area (Å²) >= 11 is 9.34. The summed E-state index contributed by atoms with van der Waals surface area (Å²) in [5, 5.41) is 3.51. The predicted molar refractivity (Wildman–Crippen MR) is 87.2 cm³/mol. The first-order valence-corrected chi connectivity index (χ1v) is 8.65. The molecule has 0 amide bonds. The summed E-state index contributed by atoms with van der Waals surface area (Å²) < 4.78 is 27.6. The second kappa shape index (κ2) is 6.94. The molecule has 0 radical (unpaired) electrons. The minimum atomic E-state index is -3.55. The van der Waals surface area contributed by atoms with E-state index in [1.165, 1.54) is 4.31 Å². The Bertz CT molecular complexity index is 583. The fraction of sp³-hybridized carbons (Fsp3) is 0.500. The number of hydrogen-bond acceptors (Lipinski definition) is 3. The highest BCUT2D eigenvalue weighted by Crippen LogP contribution is 2.29. The number of benzene rings is 1. The molecule has 0 bridgehead atoms. The van der Waals surface area contributed by atoms with Crippen molar-refractivity contribution in [1.29, 1.82) is 0 Å². The van der Waals surface area contributed by atoms with Gasteiger partial charge in [-0.2, -0.15) is 4.31 Å². The Morgan fingerprint density at radius 2 is 2.05 bits per heavy atom. The molecular formula is C12H17BrCl2N2O2S. The first-order chi connectivity index (χ1) is 8.84. The Balaban J connectivity index is 0.00000200. The van der Waals surface area contributed by atoms with Gasteiger partial charge in [0.2, 0.25) is 10.0 Å². The topological polar surface area (TPSA) is 49.4 Å². The third-order valence-electron chi connectivity index (χ3n) is 3.46. The molecule has 0 aromatic heterocycles. The molecule has 1 aromatic carbocycles. The number of piperazine rings is 1. The van der Waals surface area contributed by atoms with Crippen molar-refractivity contribution in [2.45, 2.75) is 30.8 Å². The van der Waals surface area contributed by atoms with Crippen molar-refractivity contribution in [2.75, 3.05) is 13.1 Å². The molecule has 4 nitrogen and oxygen atoms in total. The van der Waals surface area contributed by atoms with Crippen molar-refractivity contribution >= 4 is 50.0 Å². The SMILES string of the molecule is CC1NCCN(S(=O)(=O)c2ccc(Br)cc2Cl)C1C.Cl. The Hall–Kier alpha value is 0.150. The highest BCUT2D eigenvalue weighted by Gasteiger charge is 2.35. The van der Waals surface area contributed by atoms with Crippen molar-refractivity contribution < 1.29 is 8.42 Å². The molecule has 2 atom stereocenters. The van der Waals surface area contributed by atoms with Crippen LogP contribution in [0.25, 0.3) is 0 Å². The molecule has 0 saturated carbocycles. The van der Waals surface area contributed by atoms with Crippen LogP contribution in [-0.2, 0) is 10.0 Å². The van der Waals surface area contributed by atoms with E-state index in [1.807, 2.05) is 13.8 Å². The van der Waals surface area contributed by atoms with Crippen molar-refractivity contribution in [2.24, 2.45) is 0 Å². The quantitative estimate of drug-likeness (QED) is 0.825. The van der Waals surface area contributed by atoms with Crippen LogP contribution in [0, 0.1) is 0 Å². The molecular weight excluding hydrogens is 387 g/mol. The van der Waals surface area contributed by atoms with Gasteiger partial charge in [-0.05, 0) is 32.0 Å². The molecule has 2 rings (SSSR count). The summed E-state index contributed by atoms with van der Waals surface area (Å²) in [5.74, 6) is 0. The summed E-state index contributed by atoms with van der Waals surface area (Å²) in [7, 11) is -3.55. The minimum Gasteiger partial charge on any atom is -0.311 e. The number of sulfonamides is 1. The average Bonchev–Trinajstić information content (AvgIpc) is 2.31. The number of nitrogens with one attached hydrogen (secondary N) is 1. The highest BCUT2D eigenvalue weighted by molar-refractivity contribution is 9.10. The maximum atomic E-state index is 12.7. The molecule has 1 heterocycles. The van der Waals surface area contributed by atoms with E-state index < -0.39 is 10.0 Å². The lowest BCUT2D eigenvalue weighted by Crippen LogP contribution is -2.57. The van der Waals surface area contributed by atoms with Crippen LogP contribution in [0.3, 0.4) is 0 Å². The van der Waals surface area contributed by atoms with Gasteiger partial charge < -0.3 is 5.32 Å². The van der Waals surface area contributed by atoms with E-state index >= 15 is 0 Å². The molecule has 1 fully saturated rings. The minimum absolute atomic E-state index is 0. The molecule has 0 aliphatic carbocycles. The number of halogens is 3. The molecule has 1 aliphatic heterocycles. The number of hydrogen-bond donors (Lipinski definition) is 1. The van der Waals surface area contributed by atoms with Crippen LogP contribution < -0.4 is 5.32 Å². The van der Waals surface area contributed by atoms with E-state index in [0.29, 0.717) is 13.1 Å². The summed E-state index contributed by atoms with van der Waals surface area (Å²) in [6, 6.07) is 4.86. The zero-order chi connectivity index (χ0) is 14.2.